The topological polar surface area (TPSA) is 76.4 Å². The number of anilines is 2. The van der Waals surface area contributed by atoms with Gasteiger partial charge in [-0.2, -0.15) is 13.2 Å². The van der Waals surface area contributed by atoms with Gasteiger partial charge in [-0.1, -0.05) is 24.3 Å². The van der Waals surface area contributed by atoms with Crippen LogP contribution in [0.4, 0.5) is 29.3 Å². The lowest BCUT2D eigenvalue weighted by molar-refractivity contribution is -0.137. The van der Waals surface area contributed by atoms with Crippen LogP contribution in [0.2, 0.25) is 0 Å². The number of halogens is 3. The molecule has 0 aliphatic rings. The van der Waals surface area contributed by atoms with Gasteiger partial charge < -0.3 is 21.1 Å². The van der Waals surface area contributed by atoms with Crippen LogP contribution in [0, 0.1) is 0 Å². The van der Waals surface area contributed by atoms with Crippen LogP contribution in [0.5, 0.6) is 0 Å². The predicted octanol–water partition coefficient (Wildman–Crippen LogP) is 5.19. The molecular formula is C21H26F3N3O2. The van der Waals surface area contributed by atoms with Crippen LogP contribution in [0.1, 0.15) is 37.8 Å². The Balaban J connectivity index is 1.92. The average Bonchev–Trinajstić information content (AvgIpc) is 2.61. The van der Waals surface area contributed by atoms with Gasteiger partial charge in [-0.05, 0) is 63.1 Å². The first-order valence-corrected chi connectivity index (χ1v) is 9.28. The van der Waals surface area contributed by atoms with E-state index in [2.05, 4.69) is 10.6 Å². The molecule has 0 aliphatic carbocycles. The second-order valence-electron chi connectivity index (χ2n) is 7.32. The monoisotopic (exact) mass is 409 g/mol. The maximum Gasteiger partial charge on any atom is 0.416 e. The zero-order valence-electron chi connectivity index (χ0n) is 16.5. The first-order chi connectivity index (χ1) is 13.6. The highest BCUT2D eigenvalue weighted by atomic mass is 19.4. The van der Waals surface area contributed by atoms with Crippen molar-refractivity contribution in [2.24, 2.45) is 5.73 Å². The van der Waals surface area contributed by atoms with Crippen molar-refractivity contribution in [2.75, 3.05) is 11.9 Å². The van der Waals surface area contributed by atoms with E-state index in [1.54, 1.807) is 19.9 Å². The number of amides is 1. The molecule has 0 aliphatic heterocycles. The molecule has 2 aromatic rings. The highest BCUT2D eigenvalue weighted by Gasteiger charge is 2.30. The molecule has 5 nitrogen and oxygen atoms in total. The molecule has 29 heavy (non-hydrogen) atoms. The Kier molecular flexibility index (Phi) is 7.50. The molecule has 0 atom stereocenters. The molecule has 2 rings (SSSR count). The summed E-state index contributed by atoms with van der Waals surface area (Å²) in [5, 5.41) is 6.36. The van der Waals surface area contributed by atoms with Crippen molar-refractivity contribution in [3.8, 4) is 0 Å². The number of benzene rings is 2. The Labute approximate surface area is 168 Å². The fraction of sp³-hybridized carbons (Fsp3) is 0.381. The molecule has 1 amide bonds. The van der Waals surface area contributed by atoms with Gasteiger partial charge in [-0.15, -0.1) is 0 Å². The number of hydrogen-bond donors (Lipinski definition) is 3. The summed E-state index contributed by atoms with van der Waals surface area (Å²) in [7, 11) is 0. The fourth-order valence-electron chi connectivity index (χ4n) is 2.91. The SMILES string of the molecule is CC(C)(CCCNCc1ccccc1Nc1cccc(C(F)(F)F)c1)OC(N)=O. The lowest BCUT2D eigenvalue weighted by atomic mass is 10.0. The minimum absolute atomic E-state index is 0.373. The van der Waals surface area contributed by atoms with E-state index in [0.29, 0.717) is 25.2 Å². The van der Waals surface area contributed by atoms with Crippen LogP contribution >= 0.6 is 0 Å². The molecule has 0 heterocycles. The molecule has 0 saturated heterocycles. The normalized spacial score (nSPS) is 11.9. The molecule has 0 saturated carbocycles. The van der Waals surface area contributed by atoms with E-state index in [9.17, 15) is 18.0 Å². The van der Waals surface area contributed by atoms with Gasteiger partial charge in [-0.25, -0.2) is 4.79 Å². The molecule has 2 aromatic carbocycles. The Bertz CT molecular complexity index is 823. The van der Waals surface area contributed by atoms with E-state index in [0.717, 1.165) is 29.8 Å². The molecule has 0 fully saturated rings. The molecular weight excluding hydrogens is 383 g/mol. The standard InChI is InChI=1S/C21H26F3N3O2/c1-20(2,29-19(25)28)11-6-12-26-14-15-7-3-4-10-18(15)27-17-9-5-8-16(13-17)21(22,23)24/h3-5,7-10,13,26-27H,6,11-12,14H2,1-2H3,(H2,25,28). The van der Waals surface area contributed by atoms with Crippen molar-refractivity contribution in [3.05, 3.63) is 59.7 Å². The number of hydrogen-bond acceptors (Lipinski definition) is 4. The van der Waals surface area contributed by atoms with Gasteiger partial charge in [0.1, 0.15) is 5.60 Å². The van der Waals surface area contributed by atoms with Gasteiger partial charge in [0.15, 0.2) is 0 Å². The first-order valence-electron chi connectivity index (χ1n) is 9.28. The van der Waals surface area contributed by atoms with Gasteiger partial charge >= 0.3 is 12.3 Å². The molecule has 0 aromatic heterocycles. The zero-order valence-corrected chi connectivity index (χ0v) is 16.5. The van der Waals surface area contributed by atoms with Crippen molar-refractivity contribution < 1.29 is 22.7 Å². The van der Waals surface area contributed by atoms with Crippen molar-refractivity contribution >= 4 is 17.5 Å². The number of nitrogens with two attached hydrogens (primary N) is 1. The van der Waals surface area contributed by atoms with Gasteiger partial charge in [0.25, 0.3) is 0 Å². The van der Waals surface area contributed by atoms with Crippen molar-refractivity contribution in [3.63, 3.8) is 0 Å². The Morgan fingerprint density at radius 1 is 1.10 bits per heavy atom. The van der Waals surface area contributed by atoms with E-state index in [1.807, 2.05) is 24.3 Å². The molecule has 0 spiro atoms. The van der Waals surface area contributed by atoms with Crippen LogP contribution < -0.4 is 16.4 Å². The summed E-state index contributed by atoms with van der Waals surface area (Å²) < 4.78 is 43.8. The molecule has 8 heteroatoms. The summed E-state index contributed by atoms with van der Waals surface area (Å²) in [6.07, 6.45) is -3.76. The Morgan fingerprint density at radius 2 is 1.83 bits per heavy atom. The van der Waals surface area contributed by atoms with E-state index in [1.165, 1.54) is 6.07 Å². The second kappa shape index (κ2) is 9.65. The summed E-state index contributed by atoms with van der Waals surface area (Å²) in [4.78, 5) is 10.9. The summed E-state index contributed by atoms with van der Waals surface area (Å²) in [5.74, 6) is 0. The quantitative estimate of drug-likeness (QED) is 0.498. The lowest BCUT2D eigenvalue weighted by Crippen LogP contribution is -2.32. The van der Waals surface area contributed by atoms with E-state index in [4.69, 9.17) is 10.5 Å². The number of rotatable bonds is 9. The van der Waals surface area contributed by atoms with Gasteiger partial charge in [0, 0.05) is 17.9 Å². The first kappa shape index (κ1) is 22.5. The third kappa shape index (κ3) is 7.65. The van der Waals surface area contributed by atoms with Crippen LogP contribution in [-0.2, 0) is 17.5 Å². The highest BCUT2D eigenvalue weighted by Crippen LogP contribution is 2.31. The van der Waals surface area contributed by atoms with E-state index in [-0.39, 0.29) is 0 Å². The third-order valence-electron chi connectivity index (χ3n) is 4.31. The smallest absolute Gasteiger partial charge is 0.416 e. The zero-order chi connectivity index (χ0) is 21.5. The predicted molar refractivity (Wildman–Crippen MR) is 107 cm³/mol. The van der Waals surface area contributed by atoms with Crippen LogP contribution in [0.3, 0.4) is 0 Å². The average molecular weight is 409 g/mol. The highest BCUT2D eigenvalue weighted by molar-refractivity contribution is 5.65. The lowest BCUT2D eigenvalue weighted by Gasteiger charge is -2.23. The minimum atomic E-state index is -4.38. The van der Waals surface area contributed by atoms with Crippen molar-refractivity contribution in [1.82, 2.24) is 5.32 Å². The summed E-state index contributed by atoms with van der Waals surface area (Å²) in [6, 6.07) is 12.5. The molecule has 0 bridgehead atoms. The van der Waals surface area contributed by atoms with Crippen LogP contribution in [0.15, 0.2) is 48.5 Å². The number of para-hydroxylation sites is 1. The summed E-state index contributed by atoms with van der Waals surface area (Å²) in [6.45, 7) is 4.82. The summed E-state index contributed by atoms with van der Waals surface area (Å²) >= 11 is 0. The van der Waals surface area contributed by atoms with Crippen LogP contribution in [-0.4, -0.2) is 18.2 Å². The van der Waals surface area contributed by atoms with E-state index >= 15 is 0 Å². The fourth-order valence-corrected chi connectivity index (χ4v) is 2.91. The molecule has 0 unspecified atom stereocenters. The molecule has 4 N–H and O–H groups in total. The largest absolute Gasteiger partial charge is 0.444 e. The van der Waals surface area contributed by atoms with Gasteiger partial charge in [0.2, 0.25) is 0 Å². The molecule has 0 radical (unpaired) electrons. The number of carbonyl (C=O) groups excluding carboxylic acids is 1. The Morgan fingerprint density at radius 3 is 2.52 bits per heavy atom. The summed E-state index contributed by atoms with van der Waals surface area (Å²) in [5.41, 5.74) is 5.76. The van der Waals surface area contributed by atoms with Crippen molar-refractivity contribution in [2.45, 2.75) is 45.0 Å². The number of nitrogens with one attached hydrogen (secondary N) is 2. The number of alkyl halides is 3. The van der Waals surface area contributed by atoms with Gasteiger partial charge in [0.05, 0.1) is 5.56 Å². The number of ether oxygens (including phenoxy) is 1. The van der Waals surface area contributed by atoms with Crippen molar-refractivity contribution in [1.29, 1.82) is 0 Å². The second-order valence-corrected chi connectivity index (χ2v) is 7.32. The van der Waals surface area contributed by atoms with Gasteiger partial charge in [-0.3, -0.25) is 0 Å². The number of carbonyl (C=O) groups is 1. The Hall–Kier alpha value is -2.74. The third-order valence-corrected chi connectivity index (χ3v) is 4.31. The maximum absolute atomic E-state index is 12.9. The van der Waals surface area contributed by atoms with E-state index < -0.39 is 23.4 Å². The minimum Gasteiger partial charge on any atom is -0.444 e. The molecule has 158 valence electrons. The van der Waals surface area contributed by atoms with Crippen LogP contribution in [0.25, 0.3) is 0 Å². The number of primary amides is 1. The maximum atomic E-state index is 12.9.